The largest absolute Gasteiger partial charge is 0.382 e. The number of aromatic amines is 1. The Balaban J connectivity index is 1.51. The fraction of sp³-hybridized carbons (Fsp3) is 0.300. The Bertz CT molecular complexity index is 911. The van der Waals surface area contributed by atoms with Gasteiger partial charge in [0.15, 0.2) is 12.1 Å². The summed E-state index contributed by atoms with van der Waals surface area (Å²) in [5.74, 6) is 2.09. The molecule has 4 rings (SSSR count). The molecule has 0 aliphatic carbocycles. The van der Waals surface area contributed by atoms with Crippen molar-refractivity contribution in [3.05, 3.63) is 48.2 Å². The number of pyridine rings is 1. The molecule has 1 aromatic carbocycles. The Kier molecular flexibility index (Phi) is 4.48. The lowest BCUT2D eigenvalue weighted by atomic mass is 10.2. The maximum atomic E-state index is 11.2. The molecule has 6 heteroatoms. The van der Waals surface area contributed by atoms with Crippen LogP contribution in [0.2, 0.25) is 0 Å². The number of carbonyl (C=O) groups is 1. The molecule has 0 atom stereocenters. The van der Waals surface area contributed by atoms with Crippen molar-refractivity contribution in [3.8, 4) is 0 Å². The van der Waals surface area contributed by atoms with E-state index < -0.39 is 0 Å². The first-order valence-corrected chi connectivity index (χ1v) is 9.06. The van der Waals surface area contributed by atoms with Gasteiger partial charge in [-0.05, 0) is 31.2 Å². The van der Waals surface area contributed by atoms with Crippen molar-refractivity contribution >= 4 is 34.5 Å². The second-order valence-electron chi connectivity index (χ2n) is 6.46. The number of aldehydes is 1. The Labute approximate surface area is 152 Å². The van der Waals surface area contributed by atoms with Crippen LogP contribution in [-0.2, 0) is 0 Å². The van der Waals surface area contributed by atoms with E-state index in [9.17, 15) is 4.79 Å². The summed E-state index contributed by atoms with van der Waals surface area (Å²) < 4.78 is 0. The van der Waals surface area contributed by atoms with Gasteiger partial charge in [0.05, 0.1) is 11.2 Å². The minimum atomic E-state index is 0.705. The SMILES string of the molecule is CCNc1cccnc1N1CCN(c2cc3cccc(C=O)c3[nH]2)CC1. The van der Waals surface area contributed by atoms with Crippen molar-refractivity contribution in [1.29, 1.82) is 0 Å². The first kappa shape index (κ1) is 16.4. The molecule has 0 radical (unpaired) electrons. The van der Waals surface area contributed by atoms with E-state index >= 15 is 0 Å². The van der Waals surface area contributed by atoms with Crippen molar-refractivity contribution in [3.63, 3.8) is 0 Å². The zero-order valence-corrected chi connectivity index (χ0v) is 14.9. The molecule has 1 aliphatic heterocycles. The van der Waals surface area contributed by atoms with Gasteiger partial charge >= 0.3 is 0 Å². The van der Waals surface area contributed by atoms with Crippen LogP contribution in [0.4, 0.5) is 17.3 Å². The number of rotatable bonds is 5. The van der Waals surface area contributed by atoms with E-state index in [-0.39, 0.29) is 0 Å². The quantitative estimate of drug-likeness (QED) is 0.693. The minimum Gasteiger partial charge on any atom is -0.382 e. The second kappa shape index (κ2) is 7.07. The Hall–Kier alpha value is -3.02. The van der Waals surface area contributed by atoms with Gasteiger partial charge in [-0.15, -0.1) is 0 Å². The molecule has 0 unspecified atom stereocenters. The fourth-order valence-corrected chi connectivity index (χ4v) is 3.57. The lowest BCUT2D eigenvalue weighted by molar-refractivity contribution is 0.112. The number of para-hydroxylation sites is 1. The average molecular weight is 349 g/mol. The van der Waals surface area contributed by atoms with E-state index in [0.717, 1.165) is 67.2 Å². The van der Waals surface area contributed by atoms with Crippen LogP contribution in [0.1, 0.15) is 17.3 Å². The van der Waals surface area contributed by atoms with Crippen LogP contribution in [0.15, 0.2) is 42.6 Å². The van der Waals surface area contributed by atoms with Gasteiger partial charge in [0.25, 0.3) is 0 Å². The standard InChI is InChI=1S/C20H23N5O/c1-2-21-17-7-4-8-22-20(17)25-11-9-24(10-12-25)18-13-15-5-3-6-16(14-26)19(15)23-18/h3-8,13-14,21,23H,2,9-12H2,1H3. The van der Waals surface area contributed by atoms with Crippen LogP contribution in [0.3, 0.4) is 0 Å². The number of H-pyrrole nitrogens is 1. The average Bonchev–Trinajstić information content (AvgIpc) is 3.13. The zero-order valence-electron chi connectivity index (χ0n) is 14.9. The maximum Gasteiger partial charge on any atom is 0.152 e. The fourth-order valence-electron chi connectivity index (χ4n) is 3.57. The van der Waals surface area contributed by atoms with Gasteiger partial charge in [0.1, 0.15) is 5.82 Å². The molecule has 0 amide bonds. The van der Waals surface area contributed by atoms with Crippen LogP contribution in [0, 0.1) is 0 Å². The zero-order chi connectivity index (χ0) is 17.9. The summed E-state index contributed by atoms with van der Waals surface area (Å²) in [6.07, 6.45) is 2.76. The van der Waals surface area contributed by atoms with Crippen LogP contribution >= 0.6 is 0 Å². The number of carbonyl (C=O) groups excluding carboxylic acids is 1. The number of benzene rings is 1. The molecular formula is C20H23N5O. The first-order valence-electron chi connectivity index (χ1n) is 9.06. The van der Waals surface area contributed by atoms with Gasteiger partial charge in [-0.25, -0.2) is 4.98 Å². The highest BCUT2D eigenvalue weighted by molar-refractivity contribution is 5.97. The molecule has 0 spiro atoms. The van der Waals surface area contributed by atoms with Gasteiger partial charge in [0, 0.05) is 49.9 Å². The third-order valence-corrected chi connectivity index (χ3v) is 4.87. The summed E-state index contributed by atoms with van der Waals surface area (Å²) in [5.41, 5.74) is 2.71. The highest BCUT2D eigenvalue weighted by Crippen LogP contribution is 2.27. The van der Waals surface area contributed by atoms with E-state index in [2.05, 4.69) is 44.1 Å². The summed E-state index contributed by atoms with van der Waals surface area (Å²) in [6, 6.07) is 12.0. The van der Waals surface area contributed by atoms with E-state index in [0.29, 0.717) is 5.56 Å². The highest BCUT2D eigenvalue weighted by Gasteiger charge is 2.21. The van der Waals surface area contributed by atoms with Gasteiger partial charge < -0.3 is 20.1 Å². The van der Waals surface area contributed by atoms with Crippen LogP contribution in [-0.4, -0.2) is 49.0 Å². The van der Waals surface area contributed by atoms with Crippen molar-refractivity contribution < 1.29 is 4.79 Å². The molecule has 1 saturated heterocycles. The predicted octanol–water partition coefficient (Wildman–Crippen LogP) is 3.13. The number of anilines is 3. The lowest BCUT2D eigenvalue weighted by Crippen LogP contribution is -2.47. The van der Waals surface area contributed by atoms with E-state index in [1.807, 2.05) is 30.5 Å². The number of piperazine rings is 1. The van der Waals surface area contributed by atoms with Gasteiger partial charge in [-0.2, -0.15) is 0 Å². The molecule has 26 heavy (non-hydrogen) atoms. The molecule has 6 nitrogen and oxygen atoms in total. The summed E-state index contributed by atoms with van der Waals surface area (Å²) >= 11 is 0. The smallest absolute Gasteiger partial charge is 0.152 e. The molecule has 2 N–H and O–H groups in total. The van der Waals surface area contributed by atoms with Crippen molar-refractivity contribution in [1.82, 2.24) is 9.97 Å². The summed E-state index contributed by atoms with van der Waals surface area (Å²) in [6.45, 7) is 6.61. The highest BCUT2D eigenvalue weighted by atomic mass is 16.1. The summed E-state index contributed by atoms with van der Waals surface area (Å²) in [4.78, 5) is 23.9. The molecular weight excluding hydrogens is 326 g/mol. The Morgan fingerprint density at radius 1 is 1.15 bits per heavy atom. The molecule has 0 bridgehead atoms. The van der Waals surface area contributed by atoms with E-state index in [4.69, 9.17) is 0 Å². The molecule has 1 fully saturated rings. The number of nitrogens with one attached hydrogen (secondary N) is 2. The van der Waals surface area contributed by atoms with Crippen LogP contribution in [0.25, 0.3) is 10.9 Å². The van der Waals surface area contributed by atoms with Crippen LogP contribution in [0.5, 0.6) is 0 Å². The monoisotopic (exact) mass is 349 g/mol. The van der Waals surface area contributed by atoms with Crippen molar-refractivity contribution in [2.45, 2.75) is 6.92 Å². The topological polar surface area (TPSA) is 64.3 Å². The van der Waals surface area contributed by atoms with E-state index in [1.54, 1.807) is 0 Å². The third kappa shape index (κ3) is 2.98. The number of hydrogen-bond donors (Lipinski definition) is 2. The molecule has 3 heterocycles. The third-order valence-electron chi connectivity index (χ3n) is 4.87. The lowest BCUT2D eigenvalue weighted by Gasteiger charge is -2.36. The molecule has 3 aromatic rings. The molecule has 2 aromatic heterocycles. The molecule has 134 valence electrons. The number of aromatic nitrogens is 2. The number of nitrogens with zero attached hydrogens (tertiary/aromatic N) is 3. The summed E-state index contributed by atoms with van der Waals surface area (Å²) in [7, 11) is 0. The van der Waals surface area contributed by atoms with E-state index in [1.165, 1.54) is 0 Å². The second-order valence-corrected chi connectivity index (χ2v) is 6.46. The van der Waals surface area contributed by atoms with Crippen molar-refractivity contribution in [2.75, 3.05) is 47.8 Å². The molecule has 0 saturated carbocycles. The van der Waals surface area contributed by atoms with Gasteiger partial charge in [0.2, 0.25) is 0 Å². The number of hydrogen-bond acceptors (Lipinski definition) is 5. The Morgan fingerprint density at radius 3 is 2.73 bits per heavy atom. The Morgan fingerprint density at radius 2 is 1.96 bits per heavy atom. The maximum absolute atomic E-state index is 11.2. The minimum absolute atomic E-state index is 0.705. The van der Waals surface area contributed by atoms with Crippen molar-refractivity contribution in [2.24, 2.45) is 0 Å². The predicted molar refractivity (Wildman–Crippen MR) is 107 cm³/mol. The first-order chi connectivity index (χ1) is 12.8. The number of fused-ring (bicyclic) bond motifs is 1. The summed E-state index contributed by atoms with van der Waals surface area (Å²) in [5, 5.41) is 4.46. The molecule has 1 aliphatic rings. The van der Waals surface area contributed by atoms with Gasteiger partial charge in [-0.3, -0.25) is 4.79 Å². The normalized spacial score (nSPS) is 14.7. The van der Waals surface area contributed by atoms with Crippen LogP contribution < -0.4 is 15.1 Å². The van der Waals surface area contributed by atoms with Gasteiger partial charge in [-0.1, -0.05) is 12.1 Å².